The van der Waals surface area contributed by atoms with E-state index in [1.54, 1.807) is 0 Å². The monoisotopic (exact) mass is 466 g/mol. The third-order valence-corrected chi connectivity index (χ3v) is 6.84. The van der Waals surface area contributed by atoms with Crippen molar-refractivity contribution in [3.05, 3.63) is 0 Å². The summed E-state index contributed by atoms with van der Waals surface area (Å²) in [5, 5.41) is 0. The Hall–Kier alpha value is -0.860. The first-order chi connectivity index (χ1) is 16.2. The maximum atomic E-state index is 12.6. The lowest BCUT2D eigenvalue weighted by Crippen LogP contribution is -2.21. The summed E-state index contributed by atoms with van der Waals surface area (Å²) >= 11 is 0. The average Bonchev–Trinajstić information content (AvgIpc) is 2.80. The molecule has 0 fully saturated rings. The number of hydrogen-bond acceptors (Lipinski definition) is 3. The highest BCUT2D eigenvalue weighted by Crippen LogP contribution is 2.21. The van der Waals surface area contributed by atoms with E-state index in [2.05, 4.69) is 20.8 Å². The van der Waals surface area contributed by atoms with Crippen molar-refractivity contribution in [1.29, 1.82) is 0 Å². The zero-order chi connectivity index (χ0) is 24.4. The molecule has 0 heterocycles. The molecule has 33 heavy (non-hydrogen) atoms. The minimum absolute atomic E-state index is 0.0886. The van der Waals surface area contributed by atoms with Crippen LogP contribution >= 0.6 is 0 Å². The molecule has 3 heteroatoms. The highest BCUT2D eigenvalue weighted by molar-refractivity contribution is 5.86. The van der Waals surface area contributed by atoms with Gasteiger partial charge in [0.2, 0.25) is 0 Å². The van der Waals surface area contributed by atoms with Crippen LogP contribution in [-0.2, 0) is 14.3 Å². The zero-order valence-corrected chi connectivity index (χ0v) is 22.8. The molecular formula is C30H58O3. The van der Waals surface area contributed by atoms with Crippen molar-refractivity contribution in [3.63, 3.8) is 0 Å². The van der Waals surface area contributed by atoms with Crippen molar-refractivity contribution in [3.8, 4) is 0 Å². The first kappa shape index (κ1) is 32.1. The lowest BCUT2D eigenvalue weighted by Gasteiger charge is -2.15. The Bertz CT molecular complexity index is 432. The van der Waals surface area contributed by atoms with Crippen LogP contribution in [0.1, 0.15) is 175 Å². The topological polar surface area (TPSA) is 43.4 Å². The molecule has 0 aliphatic heterocycles. The number of ether oxygens (including phenoxy) is 1. The van der Waals surface area contributed by atoms with Gasteiger partial charge in [0, 0.05) is 6.42 Å². The minimum Gasteiger partial charge on any atom is -0.393 e. The van der Waals surface area contributed by atoms with Crippen LogP contribution in [0, 0.1) is 5.92 Å². The number of rotatable bonds is 25. The molecule has 0 aliphatic rings. The van der Waals surface area contributed by atoms with E-state index in [0.717, 1.165) is 38.5 Å². The van der Waals surface area contributed by atoms with E-state index < -0.39 is 0 Å². The number of hydrogen-bond donors (Lipinski definition) is 0. The molecular weight excluding hydrogens is 408 g/mol. The van der Waals surface area contributed by atoms with Crippen LogP contribution < -0.4 is 0 Å². The van der Waals surface area contributed by atoms with E-state index in [1.165, 1.54) is 109 Å². The van der Waals surface area contributed by atoms with Crippen LogP contribution in [0.15, 0.2) is 0 Å². The second kappa shape index (κ2) is 25.8. The zero-order valence-electron chi connectivity index (χ0n) is 22.8. The van der Waals surface area contributed by atoms with E-state index in [-0.39, 0.29) is 17.9 Å². The Morgan fingerprint density at radius 3 is 1.24 bits per heavy atom. The Morgan fingerprint density at radius 2 is 0.818 bits per heavy atom. The summed E-state index contributed by atoms with van der Waals surface area (Å²) in [4.78, 5) is 24.8. The van der Waals surface area contributed by atoms with Gasteiger partial charge >= 0.3 is 11.9 Å². The van der Waals surface area contributed by atoms with Crippen LogP contribution in [0.5, 0.6) is 0 Å². The fraction of sp³-hybridized carbons (Fsp3) is 0.933. The summed E-state index contributed by atoms with van der Waals surface area (Å²) in [6.45, 7) is 6.69. The molecule has 3 nitrogen and oxygen atoms in total. The van der Waals surface area contributed by atoms with E-state index in [1.807, 2.05) is 0 Å². The summed E-state index contributed by atoms with van der Waals surface area (Å²) in [5.41, 5.74) is 0. The standard InChI is InChI=1S/C30H58O3/c1-4-7-10-13-15-16-17-18-19-21-24-27-29(31)33-30(32)28(25-22-12-9-6-3)26-23-20-14-11-8-5-2/h28H,4-27H2,1-3H3. The van der Waals surface area contributed by atoms with Crippen molar-refractivity contribution in [2.24, 2.45) is 5.92 Å². The van der Waals surface area contributed by atoms with Crippen molar-refractivity contribution in [1.82, 2.24) is 0 Å². The highest BCUT2D eigenvalue weighted by atomic mass is 16.6. The first-order valence-corrected chi connectivity index (χ1v) is 14.9. The lowest BCUT2D eigenvalue weighted by molar-refractivity contribution is -0.163. The van der Waals surface area contributed by atoms with Gasteiger partial charge in [0.25, 0.3) is 0 Å². The molecule has 0 saturated carbocycles. The fourth-order valence-electron chi connectivity index (χ4n) is 4.55. The first-order valence-electron chi connectivity index (χ1n) is 14.9. The number of unbranched alkanes of at least 4 members (excludes halogenated alkanes) is 18. The van der Waals surface area contributed by atoms with Crippen molar-refractivity contribution in [2.45, 2.75) is 175 Å². The summed E-state index contributed by atoms with van der Waals surface area (Å²) in [6.07, 6.45) is 28.0. The second-order valence-corrected chi connectivity index (χ2v) is 10.2. The molecule has 196 valence electrons. The quantitative estimate of drug-likeness (QED) is 0.0763. The molecule has 0 saturated heterocycles. The fourth-order valence-corrected chi connectivity index (χ4v) is 4.55. The Labute approximate surface area is 207 Å². The van der Waals surface area contributed by atoms with Crippen molar-refractivity contribution in [2.75, 3.05) is 0 Å². The molecule has 0 amide bonds. The van der Waals surface area contributed by atoms with Gasteiger partial charge in [-0.3, -0.25) is 9.59 Å². The predicted octanol–water partition coefficient (Wildman–Crippen LogP) is 10.1. The molecule has 0 aliphatic carbocycles. The van der Waals surface area contributed by atoms with Gasteiger partial charge in [-0.05, 0) is 19.3 Å². The SMILES string of the molecule is CCCCCCCCCCCCCC(=O)OC(=O)C(CCCCCC)CCCCCCCC. The summed E-state index contributed by atoms with van der Waals surface area (Å²) in [6, 6.07) is 0. The van der Waals surface area contributed by atoms with Crippen LogP contribution in [-0.4, -0.2) is 11.9 Å². The maximum Gasteiger partial charge on any atom is 0.316 e. The van der Waals surface area contributed by atoms with Gasteiger partial charge in [0.05, 0.1) is 5.92 Å². The van der Waals surface area contributed by atoms with Crippen molar-refractivity contribution < 1.29 is 14.3 Å². The number of carbonyl (C=O) groups excluding carboxylic acids is 2. The number of esters is 2. The second-order valence-electron chi connectivity index (χ2n) is 10.2. The van der Waals surface area contributed by atoms with Gasteiger partial charge in [-0.1, -0.05) is 149 Å². The largest absolute Gasteiger partial charge is 0.393 e. The predicted molar refractivity (Wildman–Crippen MR) is 142 cm³/mol. The van der Waals surface area contributed by atoms with Gasteiger partial charge in [-0.25, -0.2) is 0 Å². The van der Waals surface area contributed by atoms with Gasteiger partial charge in [0.15, 0.2) is 0 Å². The maximum absolute atomic E-state index is 12.6. The molecule has 0 radical (unpaired) electrons. The lowest BCUT2D eigenvalue weighted by atomic mass is 9.94. The van der Waals surface area contributed by atoms with E-state index in [4.69, 9.17) is 4.74 Å². The molecule has 0 aromatic heterocycles. The van der Waals surface area contributed by atoms with Gasteiger partial charge < -0.3 is 4.74 Å². The molecule has 0 aromatic carbocycles. The molecule has 0 spiro atoms. The van der Waals surface area contributed by atoms with Gasteiger partial charge in [0.1, 0.15) is 0 Å². The van der Waals surface area contributed by atoms with E-state index >= 15 is 0 Å². The van der Waals surface area contributed by atoms with Crippen LogP contribution in [0.4, 0.5) is 0 Å². The highest BCUT2D eigenvalue weighted by Gasteiger charge is 2.22. The molecule has 0 bridgehead atoms. The smallest absolute Gasteiger partial charge is 0.316 e. The van der Waals surface area contributed by atoms with Crippen LogP contribution in [0.3, 0.4) is 0 Å². The number of carbonyl (C=O) groups is 2. The normalized spacial score (nSPS) is 12.1. The molecule has 1 atom stereocenters. The van der Waals surface area contributed by atoms with Crippen molar-refractivity contribution >= 4 is 11.9 Å². The van der Waals surface area contributed by atoms with E-state index in [0.29, 0.717) is 6.42 Å². The minimum atomic E-state index is -0.308. The third-order valence-electron chi connectivity index (χ3n) is 6.84. The Morgan fingerprint density at radius 1 is 0.485 bits per heavy atom. The summed E-state index contributed by atoms with van der Waals surface area (Å²) < 4.78 is 5.28. The Balaban J connectivity index is 3.97. The molecule has 0 rings (SSSR count). The Kier molecular flexibility index (Phi) is 25.1. The van der Waals surface area contributed by atoms with Gasteiger partial charge in [-0.15, -0.1) is 0 Å². The molecule has 1 unspecified atom stereocenters. The van der Waals surface area contributed by atoms with E-state index in [9.17, 15) is 9.59 Å². The van der Waals surface area contributed by atoms with Crippen LogP contribution in [0.2, 0.25) is 0 Å². The third kappa shape index (κ3) is 22.7. The summed E-state index contributed by atoms with van der Waals surface area (Å²) in [7, 11) is 0. The molecule has 0 N–H and O–H groups in total. The molecule has 0 aromatic rings. The average molecular weight is 467 g/mol. The van der Waals surface area contributed by atoms with Crippen LogP contribution in [0.25, 0.3) is 0 Å². The van der Waals surface area contributed by atoms with Gasteiger partial charge in [-0.2, -0.15) is 0 Å². The summed E-state index contributed by atoms with van der Waals surface area (Å²) in [5.74, 6) is -0.653.